The predicted molar refractivity (Wildman–Crippen MR) is 59.4 cm³/mol. The fourth-order valence-electron chi connectivity index (χ4n) is 2.41. The third-order valence-electron chi connectivity index (χ3n) is 3.33. The van der Waals surface area contributed by atoms with Crippen molar-refractivity contribution in [2.24, 2.45) is 5.92 Å². The molecule has 0 unspecified atom stereocenters. The zero-order chi connectivity index (χ0) is 10.7. The Morgan fingerprint density at radius 1 is 1.07 bits per heavy atom. The molecule has 15 heavy (non-hydrogen) atoms. The Balaban J connectivity index is 2.09. The molecule has 0 radical (unpaired) electrons. The summed E-state index contributed by atoms with van der Waals surface area (Å²) in [4.78, 5) is 0. The highest BCUT2D eigenvalue weighted by Gasteiger charge is 2.29. The molecular formula is C13H18O2. The molecule has 2 heteroatoms. The Hall–Kier alpha value is -0.860. The van der Waals surface area contributed by atoms with E-state index >= 15 is 0 Å². The molecule has 0 aromatic heterocycles. The first-order chi connectivity index (χ1) is 7.29. The molecule has 1 aromatic rings. The predicted octanol–water partition coefficient (Wildman–Crippen LogP) is 2.27. The number of hydrogen-bond donors (Lipinski definition) is 2. The van der Waals surface area contributed by atoms with Crippen molar-refractivity contribution in [3.63, 3.8) is 0 Å². The van der Waals surface area contributed by atoms with Gasteiger partial charge in [0, 0.05) is 5.92 Å². The third kappa shape index (κ3) is 2.39. The van der Waals surface area contributed by atoms with Crippen LogP contribution in [0.5, 0.6) is 0 Å². The summed E-state index contributed by atoms with van der Waals surface area (Å²) in [6.07, 6.45) is 3.10. The molecule has 0 spiro atoms. The van der Waals surface area contributed by atoms with Crippen molar-refractivity contribution in [3.05, 3.63) is 35.9 Å². The normalized spacial score (nSPS) is 28.7. The topological polar surface area (TPSA) is 40.5 Å². The minimum Gasteiger partial charge on any atom is -0.393 e. The molecule has 2 rings (SSSR count). The second-order valence-corrected chi connectivity index (χ2v) is 4.37. The molecule has 0 saturated heterocycles. The summed E-state index contributed by atoms with van der Waals surface area (Å²) >= 11 is 0. The van der Waals surface area contributed by atoms with Crippen LogP contribution in [0, 0.1) is 5.92 Å². The van der Waals surface area contributed by atoms with E-state index in [9.17, 15) is 10.2 Å². The molecule has 1 aromatic carbocycles. The molecule has 1 aliphatic rings. The van der Waals surface area contributed by atoms with E-state index in [1.165, 1.54) is 0 Å². The maximum Gasteiger partial charge on any atom is 0.0842 e. The lowest BCUT2D eigenvalue weighted by Crippen LogP contribution is -2.29. The van der Waals surface area contributed by atoms with Gasteiger partial charge in [0.05, 0.1) is 12.2 Å². The molecule has 0 aliphatic heterocycles. The fourth-order valence-corrected chi connectivity index (χ4v) is 2.41. The van der Waals surface area contributed by atoms with Gasteiger partial charge in [0.1, 0.15) is 0 Å². The number of rotatable bonds is 2. The number of hydrogen-bond acceptors (Lipinski definition) is 2. The van der Waals surface area contributed by atoms with Crippen LogP contribution < -0.4 is 0 Å². The monoisotopic (exact) mass is 206 g/mol. The van der Waals surface area contributed by atoms with Crippen LogP contribution in [-0.2, 0) is 0 Å². The van der Waals surface area contributed by atoms with Gasteiger partial charge in [0.15, 0.2) is 0 Å². The summed E-state index contributed by atoms with van der Waals surface area (Å²) < 4.78 is 0. The second kappa shape index (κ2) is 4.77. The highest BCUT2D eigenvalue weighted by atomic mass is 16.3. The number of aliphatic hydroxyl groups excluding tert-OH is 2. The largest absolute Gasteiger partial charge is 0.393 e. The van der Waals surface area contributed by atoms with Gasteiger partial charge in [-0.1, -0.05) is 43.2 Å². The SMILES string of the molecule is O[C@H]1CCCC[C@H]1[C@@H](O)c1ccccc1. The smallest absolute Gasteiger partial charge is 0.0842 e. The molecule has 1 saturated carbocycles. The van der Waals surface area contributed by atoms with Crippen LogP contribution in [0.15, 0.2) is 30.3 Å². The zero-order valence-electron chi connectivity index (χ0n) is 8.84. The minimum absolute atomic E-state index is 0.0150. The van der Waals surface area contributed by atoms with E-state index < -0.39 is 6.10 Å². The summed E-state index contributed by atoms with van der Waals surface area (Å²) in [7, 11) is 0. The molecule has 1 aliphatic carbocycles. The summed E-state index contributed by atoms with van der Waals surface area (Å²) in [6.45, 7) is 0. The van der Waals surface area contributed by atoms with Crippen LogP contribution in [0.3, 0.4) is 0 Å². The van der Waals surface area contributed by atoms with E-state index in [-0.39, 0.29) is 12.0 Å². The van der Waals surface area contributed by atoms with Crippen LogP contribution in [0.4, 0.5) is 0 Å². The standard InChI is InChI=1S/C13H18O2/c14-12-9-5-4-8-11(12)13(15)10-6-2-1-3-7-10/h1-3,6-7,11-15H,4-5,8-9H2/t11-,12+,13+/m1/s1. The Kier molecular flexibility index (Phi) is 3.39. The molecule has 1 fully saturated rings. The highest BCUT2D eigenvalue weighted by Crippen LogP contribution is 2.34. The van der Waals surface area contributed by atoms with Crippen molar-refractivity contribution in [2.45, 2.75) is 37.9 Å². The Labute approximate surface area is 90.6 Å². The molecule has 82 valence electrons. The van der Waals surface area contributed by atoms with Crippen LogP contribution in [0.1, 0.15) is 37.4 Å². The van der Waals surface area contributed by atoms with Crippen LogP contribution in [0.2, 0.25) is 0 Å². The quantitative estimate of drug-likeness (QED) is 0.779. The van der Waals surface area contributed by atoms with Gasteiger partial charge in [-0.15, -0.1) is 0 Å². The van der Waals surface area contributed by atoms with Crippen molar-refractivity contribution in [3.8, 4) is 0 Å². The van der Waals surface area contributed by atoms with E-state index in [4.69, 9.17) is 0 Å². The molecular weight excluding hydrogens is 188 g/mol. The average molecular weight is 206 g/mol. The van der Waals surface area contributed by atoms with Crippen molar-refractivity contribution < 1.29 is 10.2 Å². The zero-order valence-corrected chi connectivity index (χ0v) is 8.84. The fraction of sp³-hybridized carbons (Fsp3) is 0.538. The highest BCUT2D eigenvalue weighted by molar-refractivity contribution is 5.18. The minimum atomic E-state index is -0.513. The molecule has 0 bridgehead atoms. The van der Waals surface area contributed by atoms with Crippen molar-refractivity contribution in [1.29, 1.82) is 0 Å². The van der Waals surface area contributed by atoms with Crippen LogP contribution in [-0.4, -0.2) is 16.3 Å². The molecule has 2 nitrogen and oxygen atoms in total. The first kappa shape index (κ1) is 10.7. The van der Waals surface area contributed by atoms with Gasteiger partial charge in [-0.25, -0.2) is 0 Å². The lowest BCUT2D eigenvalue weighted by Gasteiger charge is -2.31. The van der Waals surface area contributed by atoms with Gasteiger partial charge >= 0.3 is 0 Å². The Morgan fingerprint density at radius 2 is 1.73 bits per heavy atom. The van der Waals surface area contributed by atoms with Crippen molar-refractivity contribution in [1.82, 2.24) is 0 Å². The maximum atomic E-state index is 10.2. The summed E-state index contributed by atoms with van der Waals surface area (Å²) in [5.41, 5.74) is 0.920. The van der Waals surface area contributed by atoms with Gasteiger partial charge in [0.2, 0.25) is 0 Å². The molecule has 3 atom stereocenters. The summed E-state index contributed by atoms with van der Waals surface area (Å²) in [5.74, 6) is 0.0150. The summed E-state index contributed by atoms with van der Waals surface area (Å²) in [5, 5.41) is 20.0. The van der Waals surface area contributed by atoms with Crippen LogP contribution >= 0.6 is 0 Å². The van der Waals surface area contributed by atoms with Gasteiger partial charge in [0.25, 0.3) is 0 Å². The van der Waals surface area contributed by atoms with E-state index in [1.807, 2.05) is 30.3 Å². The molecule has 2 N–H and O–H groups in total. The Morgan fingerprint density at radius 3 is 2.40 bits per heavy atom. The van der Waals surface area contributed by atoms with Gasteiger partial charge in [-0.3, -0.25) is 0 Å². The second-order valence-electron chi connectivity index (χ2n) is 4.37. The van der Waals surface area contributed by atoms with E-state index in [0.717, 1.165) is 31.2 Å². The van der Waals surface area contributed by atoms with Gasteiger partial charge < -0.3 is 10.2 Å². The maximum absolute atomic E-state index is 10.2. The molecule has 0 amide bonds. The van der Waals surface area contributed by atoms with Crippen LogP contribution in [0.25, 0.3) is 0 Å². The van der Waals surface area contributed by atoms with Gasteiger partial charge in [-0.05, 0) is 18.4 Å². The third-order valence-corrected chi connectivity index (χ3v) is 3.33. The number of benzene rings is 1. The first-order valence-electron chi connectivity index (χ1n) is 5.70. The van der Waals surface area contributed by atoms with E-state index in [1.54, 1.807) is 0 Å². The average Bonchev–Trinajstić information content (AvgIpc) is 2.30. The summed E-state index contributed by atoms with van der Waals surface area (Å²) in [6, 6.07) is 9.63. The first-order valence-corrected chi connectivity index (χ1v) is 5.70. The number of aliphatic hydroxyl groups is 2. The van der Waals surface area contributed by atoms with Crippen molar-refractivity contribution >= 4 is 0 Å². The molecule has 0 heterocycles. The Bertz CT molecular complexity index is 297. The lowest BCUT2D eigenvalue weighted by atomic mass is 9.80. The lowest BCUT2D eigenvalue weighted by molar-refractivity contribution is -0.0135. The van der Waals surface area contributed by atoms with Crippen molar-refractivity contribution in [2.75, 3.05) is 0 Å². The van der Waals surface area contributed by atoms with E-state index in [2.05, 4.69) is 0 Å². The van der Waals surface area contributed by atoms with Gasteiger partial charge in [-0.2, -0.15) is 0 Å². The van der Waals surface area contributed by atoms with E-state index in [0.29, 0.717) is 0 Å².